The Balaban J connectivity index is 2.64. The Bertz CT molecular complexity index is 410. The number of aliphatic imine (C=N–C) groups is 1. The van der Waals surface area contributed by atoms with E-state index >= 15 is 0 Å². The minimum atomic E-state index is -0.440. The number of esters is 1. The van der Waals surface area contributed by atoms with Crippen molar-refractivity contribution in [3.05, 3.63) is 35.9 Å². The van der Waals surface area contributed by atoms with Crippen LogP contribution in [-0.2, 0) is 16.0 Å². The van der Waals surface area contributed by atoms with Crippen LogP contribution in [0.15, 0.2) is 35.3 Å². The summed E-state index contributed by atoms with van der Waals surface area (Å²) in [5, 5.41) is 0. The van der Waals surface area contributed by atoms with Crippen molar-refractivity contribution in [2.24, 2.45) is 10.4 Å². The normalized spacial score (nSPS) is 13.6. The highest BCUT2D eigenvalue weighted by Gasteiger charge is 2.17. The van der Waals surface area contributed by atoms with Crippen molar-refractivity contribution >= 4 is 12.2 Å². The van der Waals surface area contributed by atoms with Gasteiger partial charge in [-0.25, -0.2) is 4.79 Å². The van der Waals surface area contributed by atoms with Crippen LogP contribution >= 0.6 is 0 Å². The molecule has 0 N–H and O–H groups in total. The third kappa shape index (κ3) is 4.70. The highest BCUT2D eigenvalue weighted by molar-refractivity contribution is 5.78. The van der Waals surface area contributed by atoms with Gasteiger partial charge in [-0.15, -0.1) is 0 Å². The minimum absolute atomic E-state index is 0.0797. The standard InChI is InChI=1S/C15H21NO2/c1-12(14(17)18-4)16-11-15(2,3)10-13-8-6-5-7-9-13/h5-9,11-12H,10H2,1-4H3. The van der Waals surface area contributed by atoms with E-state index in [1.165, 1.54) is 12.7 Å². The predicted octanol–water partition coefficient (Wildman–Crippen LogP) is 2.89. The van der Waals surface area contributed by atoms with Crippen molar-refractivity contribution in [1.82, 2.24) is 0 Å². The lowest BCUT2D eigenvalue weighted by Gasteiger charge is -2.19. The Kier molecular flexibility index (Phi) is 5.08. The fraction of sp³-hybridized carbons (Fsp3) is 0.467. The largest absolute Gasteiger partial charge is 0.467 e. The monoisotopic (exact) mass is 247 g/mol. The van der Waals surface area contributed by atoms with Gasteiger partial charge in [0.1, 0.15) is 6.04 Å². The van der Waals surface area contributed by atoms with Gasteiger partial charge in [0.05, 0.1) is 7.11 Å². The van der Waals surface area contributed by atoms with Crippen molar-refractivity contribution in [1.29, 1.82) is 0 Å². The van der Waals surface area contributed by atoms with Gasteiger partial charge in [-0.05, 0) is 18.9 Å². The Labute approximate surface area is 109 Å². The number of benzene rings is 1. The Morgan fingerprint density at radius 2 is 2.00 bits per heavy atom. The molecule has 0 aliphatic rings. The number of ether oxygens (including phenoxy) is 1. The second-order valence-electron chi connectivity index (χ2n) is 5.13. The van der Waals surface area contributed by atoms with E-state index in [1.807, 2.05) is 24.4 Å². The van der Waals surface area contributed by atoms with Crippen molar-refractivity contribution in [3.8, 4) is 0 Å². The lowest BCUT2D eigenvalue weighted by molar-refractivity contribution is -0.141. The van der Waals surface area contributed by atoms with Crippen LogP contribution in [0.3, 0.4) is 0 Å². The lowest BCUT2D eigenvalue weighted by Crippen LogP contribution is -2.21. The van der Waals surface area contributed by atoms with E-state index in [0.717, 1.165) is 6.42 Å². The summed E-state index contributed by atoms with van der Waals surface area (Å²) in [5.41, 5.74) is 1.18. The van der Waals surface area contributed by atoms with Crippen LogP contribution in [0, 0.1) is 5.41 Å². The number of carbonyl (C=O) groups is 1. The molecular weight excluding hydrogens is 226 g/mol. The maximum Gasteiger partial charge on any atom is 0.330 e. The minimum Gasteiger partial charge on any atom is -0.467 e. The number of methoxy groups -OCH3 is 1. The molecule has 0 fully saturated rings. The molecule has 3 nitrogen and oxygen atoms in total. The lowest BCUT2D eigenvalue weighted by atomic mass is 9.87. The first kappa shape index (κ1) is 14.4. The molecule has 0 bridgehead atoms. The summed E-state index contributed by atoms with van der Waals surface area (Å²) in [6.07, 6.45) is 2.74. The van der Waals surface area contributed by atoms with Crippen molar-refractivity contribution in [2.45, 2.75) is 33.2 Å². The van der Waals surface area contributed by atoms with E-state index in [2.05, 4.69) is 35.7 Å². The molecule has 18 heavy (non-hydrogen) atoms. The third-order valence-corrected chi connectivity index (χ3v) is 2.69. The molecule has 0 saturated carbocycles. The maximum atomic E-state index is 11.3. The molecule has 0 aliphatic heterocycles. The van der Waals surface area contributed by atoms with Crippen LogP contribution in [0.1, 0.15) is 26.3 Å². The first-order valence-electron chi connectivity index (χ1n) is 6.11. The zero-order chi connectivity index (χ0) is 13.6. The molecule has 1 atom stereocenters. The Morgan fingerprint density at radius 3 is 2.56 bits per heavy atom. The van der Waals surface area contributed by atoms with Crippen LogP contribution in [-0.4, -0.2) is 25.3 Å². The van der Waals surface area contributed by atoms with Gasteiger partial charge in [0.15, 0.2) is 0 Å². The molecule has 0 radical (unpaired) electrons. The fourth-order valence-electron chi connectivity index (χ4n) is 1.71. The molecule has 98 valence electrons. The number of carbonyl (C=O) groups excluding carboxylic acids is 1. The van der Waals surface area contributed by atoms with E-state index in [9.17, 15) is 4.79 Å². The van der Waals surface area contributed by atoms with Gasteiger partial charge in [0.2, 0.25) is 0 Å². The zero-order valence-corrected chi connectivity index (χ0v) is 11.5. The van der Waals surface area contributed by atoms with Crippen molar-refractivity contribution in [2.75, 3.05) is 7.11 Å². The van der Waals surface area contributed by atoms with Gasteiger partial charge in [0.25, 0.3) is 0 Å². The van der Waals surface area contributed by atoms with E-state index in [4.69, 9.17) is 0 Å². The first-order valence-corrected chi connectivity index (χ1v) is 6.11. The highest BCUT2D eigenvalue weighted by atomic mass is 16.5. The van der Waals surface area contributed by atoms with Crippen LogP contribution in [0.2, 0.25) is 0 Å². The summed E-state index contributed by atoms with van der Waals surface area (Å²) in [6, 6.07) is 9.81. The fourth-order valence-corrected chi connectivity index (χ4v) is 1.71. The second-order valence-corrected chi connectivity index (χ2v) is 5.13. The highest BCUT2D eigenvalue weighted by Crippen LogP contribution is 2.19. The van der Waals surface area contributed by atoms with Crippen LogP contribution in [0.4, 0.5) is 0 Å². The van der Waals surface area contributed by atoms with E-state index in [-0.39, 0.29) is 11.4 Å². The molecule has 1 aromatic rings. The van der Waals surface area contributed by atoms with Crippen LogP contribution < -0.4 is 0 Å². The van der Waals surface area contributed by atoms with Gasteiger partial charge in [-0.1, -0.05) is 44.2 Å². The third-order valence-electron chi connectivity index (χ3n) is 2.69. The molecule has 1 unspecified atom stereocenters. The molecular formula is C15H21NO2. The smallest absolute Gasteiger partial charge is 0.330 e. The molecule has 0 aromatic heterocycles. The number of hydrogen-bond donors (Lipinski definition) is 0. The molecule has 0 aliphatic carbocycles. The summed E-state index contributed by atoms with van der Waals surface area (Å²) < 4.78 is 4.64. The van der Waals surface area contributed by atoms with E-state index in [1.54, 1.807) is 6.92 Å². The van der Waals surface area contributed by atoms with E-state index in [0.29, 0.717) is 0 Å². The SMILES string of the molecule is COC(=O)C(C)N=CC(C)(C)Cc1ccccc1. The quantitative estimate of drug-likeness (QED) is 0.593. The van der Waals surface area contributed by atoms with E-state index < -0.39 is 6.04 Å². The zero-order valence-electron chi connectivity index (χ0n) is 11.5. The Hall–Kier alpha value is -1.64. The molecule has 0 heterocycles. The molecule has 1 aromatic carbocycles. The van der Waals surface area contributed by atoms with Crippen molar-refractivity contribution < 1.29 is 9.53 Å². The average molecular weight is 247 g/mol. The van der Waals surface area contributed by atoms with Gasteiger partial charge in [-0.3, -0.25) is 4.99 Å². The average Bonchev–Trinajstić information content (AvgIpc) is 2.35. The van der Waals surface area contributed by atoms with Gasteiger partial charge < -0.3 is 4.74 Å². The van der Waals surface area contributed by atoms with Gasteiger partial charge in [-0.2, -0.15) is 0 Å². The summed E-state index contributed by atoms with van der Waals surface area (Å²) in [4.78, 5) is 15.5. The maximum absolute atomic E-state index is 11.3. The number of rotatable bonds is 5. The summed E-state index contributed by atoms with van der Waals surface area (Å²) in [7, 11) is 1.38. The molecule has 0 spiro atoms. The molecule has 0 saturated heterocycles. The first-order chi connectivity index (χ1) is 8.44. The number of nitrogens with zero attached hydrogens (tertiary/aromatic N) is 1. The van der Waals surface area contributed by atoms with Crippen molar-refractivity contribution in [3.63, 3.8) is 0 Å². The molecule has 1 rings (SSSR count). The summed E-state index contributed by atoms with van der Waals surface area (Å²) in [6.45, 7) is 5.95. The second kappa shape index (κ2) is 6.34. The summed E-state index contributed by atoms with van der Waals surface area (Å²) in [5.74, 6) is -0.304. The molecule has 3 heteroatoms. The van der Waals surface area contributed by atoms with Crippen LogP contribution in [0.25, 0.3) is 0 Å². The predicted molar refractivity (Wildman–Crippen MR) is 73.9 cm³/mol. The summed E-state index contributed by atoms with van der Waals surface area (Å²) >= 11 is 0. The van der Waals surface area contributed by atoms with Gasteiger partial charge >= 0.3 is 5.97 Å². The van der Waals surface area contributed by atoms with Gasteiger partial charge in [0, 0.05) is 11.6 Å². The van der Waals surface area contributed by atoms with Crippen LogP contribution in [0.5, 0.6) is 0 Å². The molecule has 0 amide bonds. The topological polar surface area (TPSA) is 38.7 Å². The number of hydrogen-bond acceptors (Lipinski definition) is 3. The Morgan fingerprint density at radius 1 is 1.39 bits per heavy atom.